The standard InChI is InChI=1S/C19H19N3O5/c23-15-5-2-1-4-13(15)14-12-17(27-20-14)19(25)22-9-7-21(8-10-22)18(24)16-6-3-11-26-16/h1-6,11,17,23H,7-10,12H2/t17-/m1/s1. The lowest BCUT2D eigenvalue weighted by atomic mass is 10.0. The summed E-state index contributed by atoms with van der Waals surface area (Å²) >= 11 is 0. The quantitative estimate of drug-likeness (QED) is 0.884. The molecule has 4 rings (SSSR count). The molecule has 2 aliphatic rings. The fourth-order valence-electron chi connectivity index (χ4n) is 3.28. The molecule has 1 aromatic carbocycles. The number of furan rings is 1. The third kappa shape index (κ3) is 3.38. The predicted molar refractivity (Wildman–Crippen MR) is 95.3 cm³/mol. The van der Waals surface area contributed by atoms with E-state index in [2.05, 4.69) is 5.16 Å². The van der Waals surface area contributed by atoms with Crippen LogP contribution in [-0.2, 0) is 9.63 Å². The van der Waals surface area contributed by atoms with E-state index in [-0.39, 0.29) is 17.6 Å². The summed E-state index contributed by atoms with van der Waals surface area (Å²) in [5.41, 5.74) is 1.12. The van der Waals surface area contributed by atoms with Crippen LogP contribution in [0.5, 0.6) is 5.75 Å². The minimum absolute atomic E-state index is 0.109. The third-order valence-corrected chi connectivity index (χ3v) is 4.77. The Morgan fingerprint density at radius 3 is 2.48 bits per heavy atom. The second kappa shape index (κ2) is 7.14. The molecule has 2 aromatic rings. The number of phenolic OH excluding ortho intramolecular Hbond substituents is 1. The Morgan fingerprint density at radius 1 is 1.04 bits per heavy atom. The van der Waals surface area contributed by atoms with E-state index in [1.165, 1.54) is 6.26 Å². The number of carbonyl (C=O) groups is 2. The molecular formula is C19H19N3O5. The van der Waals surface area contributed by atoms with E-state index in [0.717, 1.165) is 0 Å². The third-order valence-electron chi connectivity index (χ3n) is 4.77. The average Bonchev–Trinajstić information content (AvgIpc) is 3.39. The summed E-state index contributed by atoms with van der Waals surface area (Å²) in [6, 6.07) is 10.1. The highest BCUT2D eigenvalue weighted by molar-refractivity contribution is 6.05. The Kier molecular flexibility index (Phi) is 4.53. The van der Waals surface area contributed by atoms with Gasteiger partial charge in [0.2, 0.25) is 6.10 Å². The molecule has 0 radical (unpaired) electrons. The Bertz CT molecular complexity index is 869. The Labute approximate surface area is 155 Å². The molecule has 0 aliphatic carbocycles. The Balaban J connectivity index is 1.33. The van der Waals surface area contributed by atoms with Crippen molar-refractivity contribution in [2.75, 3.05) is 26.2 Å². The lowest BCUT2D eigenvalue weighted by Crippen LogP contribution is -2.52. The highest BCUT2D eigenvalue weighted by atomic mass is 16.6. The number of para-hydroxylation sites is 1. The summed E-state index contributed by atoms with van der Waals surface area (Å²) in [5.74, 6) is 0.0799. The van der Waals surface area contributed by atoms with Crippen LogP contribution in [0.2, 0.25) is 0 Å². The SMILES string of the molecule is O=C(c1ccco1)N1CCN(C(=O)[C@H]2CC(c3ccccc3O)=NO2)CC1. The van der Waals surface area contributed by atoms with Gasteiger partial charge >= 0.3 is 0 Å². The molecule has 0 spiro atoms. The molecule has 140 valence electrons. The number of phenols is 1. The second-order valence-electron chi connectivity index (χ2n) is 6.45. The normalized spacial score (nSPS) is 19.6. The summed E-state index contributed by atoms with van der Waals surface area (Å²) in [7, 11) is 0. The monoisotopic (exact) mass is 369 g/mol. The lowest BCUT2D eigenvalue weighted by Gasteiger charge is -2.35. The second-order valence-corrected chi connectivity index (χ2v) is 6.45. The van der Waals surface area contributed by atoms with Gasteiger partial charge < -0.3 is 24.2 Å². The number of hydrogen-bond donors (Lipinski definition) is 1. The van der Waals surface area contributed by atoms with Crippen LogP contribution < -0.4 is 0 Å². The van der Waals surface area contributed by atoms with Gasteiger partial charge in [-0.2, -0.15) is 0 Å². The van der Waals surface area contributed by atoms with Gasteiger partial charge in [-0.05, 0) is 24.3 Å². The molecule has 1 aromatic heterocycles. The van der Waals surface area contributed by atoms with Gasteiger partial charge in [0.25, 0.3) is 11.8 Å². The van der Waals surface area contributed by atoms with E-state index >= 15 is 0 Å². The molecule has 1 N–H and O–H groups in total. The van der Waals surface area contributed by atoms with Crippen LogP contribution in [0.25, 0.3) is 0 Å². The van der Waals surface area contributed by atoms with E-state index in [1.807, 2.05) is 0 Å². The number of aromatic hydroxyl groups is 1. The van der Waals surface area contributed by atoms with Crippen LogP contribution in [-0.4, -0.2) is 64.7 Å². The highest BCUT2D eigenvalue weighted by Crippen LogP contribution is 2.24. The zero-order valence-corrected chi connectivity index (χ0v) is 14.6. The molecule has 8 heteroatoms. The number of piperazine rings is 1. The molecule has 2 amide bonds. The molecule has 27 heavy (non-hydrogen) atoms. The maximum absolute atomic E-state index is 12.7. The van der Waals surface area contributed by atoms with Crippen molar-refractivity contribution in [2.45, 2.75) is 12.5 Å². The molecule has 0 unspecified atom stereocenters. The van der Waals surface area contributed by atoms with Crippen molar-refractivity contribution in [1.29, 1.82) is 0 Å². The van der Waals surface area contributed by atoms with Gasteiger partial charge in [0, 0.05) is 38.2 Å². The zero-order chi connectivity index (χ0) is 18.8. The Hall–Kier alpha value is -3.29. The number of benzene rings is 1. The molecule has 0 saturated carbocycles. The summed E-state index contributed by atoms with van der Waals surface area (Å²) in [6.45, 7) is 1.73. The van der Waals surface area contributed by atoms with Crippen LogP contribution >= 0.6 is 0 Å². The first-order chi connectivity index (χ1) is 13.1. The Morgan fingerprint density at radius 2 is 1.78 bits per heavy atom. The van der Waals surface area contributed by atoms with Crippen LogP contribution in [0.15, 0.2) is 52.2 Å². The number of nitrogens with zero attached hydrogens (tertiary/aromatic N) is 3. The molecular weight excluding hydrogens is 350 g/mol. The minimum atomic E-state index is -0.702. The van der Waals surface area contributed by atoms with Crippen molar-refractivity contribution >= 4 is 17.5 Å². The number of hydrogen-bond acceptors (Lipinski definition) is 6. The van der Waals surface area contributed by atoms with Crippen molar-refractivity contribution in [2.24, 2.45) is 5.16 Å². The lowest BCUT2D eigenvalue weighted by molar-refractivity contribution is -0.143. The van der Waals surface area contributed by atoms with Crippen molar-refractivity contribution in [3.8, 4) is 5.75 Å². The zero-order valence-electron chi connectivity index (χ0n) is 14.6. The molecule has 1 atom stereocenters. The summed E-state index contributed by atoms with van der Waals surface area (Å²) in [5, 5.41) is 13.9. The van der Waals surface area contributed by atoms with Gasteiger partial charge in [0.05, 0.1) is 12.0 Å². The van der Waals surface area contributed by atoms with E-state index in [9.17, 15) is 14.7 Å². The first kappa shape index (κ1) is 17.1. The van der Waals surface area contributed by atoms with Crippen molar-refractivity contribution in [3.63, 3.8) is 0 Å². The minimum Gasteiger partial charge on any atom is -0.507 e. The van der Waals surface area contributed by atoms with Crippen LogP contribution in [0.1, 0.15) is 22.5 Å². The van der Waals surface area contributed by atoms with Gasteiger partial charge in [-0.15, -0.1) is 0 Å². The van der Waals surface area contributed by atoms with E-state index in [4.69, 9.17) is 9.25 Å². The fourth-order valence-corrected chi connectivity index (χ4v) is 3.28. The maximum Gasteiger partial charge on any atom is 0.289 e. The summed E-state index contributed by atoms with van der Waals surface area (Å²) in [6.07, 6.45) is 1.07. The predicted octanol–water partition coefficient (Wildman–Crippen LogP) is 1.46. The number of oxime groups is 1. The molecule has 1 saturated heterocycles. The fraction of sp³-hybridized carbons (Fsp3) is 0.316. The number of amides is 2. The van der Waals surface area contributed by atoms with E-state index < -0.39 is 6.10 Å². The number of rotatable bonds is 3. The average molecular weight is 369 g/mol. The molecule has 8 nitrogen and oxygen atoms in total. The molecule has 3 heterocycles. The van der Waals surface area contributed by atoms with Gasteiger partial charge in [-0.1, -0.05) is 17.3 Å². The largest absolute Gasteiger partial charge is 0.507 e. The number of carbonyl (C=O) groups excluding carboxylic acids is 2. The first-order valence-electron chi connectivity index (χ1n) is 8.76. The van der Waals surface area contributed by atoms with Gasteiger partial charge in [0.1, 0.15) is 5.75 Å². The van der Waals surface area contributed by atoms with Crippen LogP contribution in [0.4, 0.5) is 0 Å². The van der Waals surface area contributed by atoms with Gasteiger partial charge in [0.15, 0.2) is 5.76 Å². The molecule has 0 bridgehead atoms. The van der Waals surface area contributed by atoms with Crippen molar-refractivity contribution < 1.29 is 24.0 Å². The topological polar surface area (TPSA) is 95.6 Å². The van der Waals surface area contributed by atoms with Gasteiger partial charge in [-0.3, -0.25) is 9.59 Å². The molecule has 1 fully saturated rings. The van der Waals surface area contributed by atoms with Crippen molar-refractivity contribution in [3.05, 3.63) is 54.0 Å². The van der Waals surface area contributed by atoms with E-state index in [1.54, 1.807) is 46.2 Å². The first-order valence-corrected chi connectivity index (χ1v) is 8.76. The smallest absolute Gasteiger partial charge is 0.289 e. The highest BCUT2D eigenvalue weighted by Gasteiger charge is 2.35. The summed E-state index contributed by atoms with van der Waals surface area (Å²) < 4.78 is 5.14. The van der Waals surface area contributed by atoms with Crippen LogP contribution in [0.3, 0.4) is 0 Å². The van der Waals surface area contributed by atoms with E-state index in [0.29, 0.717) is 49.6 Å². The van der Waals surface area contributed by atoms with Crippen LogP contribution in [0, 0.1) is 0 Å². The molecule has 2 aliphatic heterocycles. The van der Waals surface area contributed by atoms with Crippen molar-refractivity contribution in [1.82, 2.24) is 9.80 Å². The maximum atomic E-state index is 12.7. The summed E-state index contributed by atoms with van der Waals surface area (Å²) in [4.78, 5) is 33.7. The van der Waals surface area contributed by atoms with Gasteiger partial charge in [-0.25, -0.2) is 0 Å².